The summed E-state index contributed by atoms with van der Waals surface area (Å²) >= 11 is -1.36. The molecule has 4 nitrogen and oxygen atoms in total. The van der Waals surface area contributed by atoms with Crippen molar-refractivity contribution >= 4 is 17.0 Å². The van der Waals surface area contributed by atoms with E-state index in [9.17, 15) is 9.00 Å². The number of esters is 1. The van der Waals surface area contributed by atoms with Gasteiger partial charge in [0.25, 0.3) is 0 Å². The van der Waals surface area contributed by atoms with E-state index >= 15 is 0 Å². The molecule has 0 aromatic carbocycles. The van der Waals surface area contributed by atoms with Crippen molar-refractivity contribution in [1.29, 1.82) is 0 Å². The summed E-state index contributed by atoms with van der Waals surface area (Å²) in [7, 11) is 1.29. The van der Waals surface area contributed by atoms with Crippen LogP contribution in [0.4, 0.5) is 0 Å². The fourth-order valence-electron chi connectivity index (χ4n) is 0.545. The molecule has 1 atom stereocenters. The van der Waals surface area contributed by atoms with Gasteiger partial charge in [-0.25, -0.2) is 9.00 Å². The molecule has 5 heteroatoms. The van der Waals surface area contributed by atoms with Gasteiger partial charge in [-0.15, -0.1) is 0 Å². The molecule has 0 fully saturated rings. The van der Waals surface area contributed by atoms with Crippen LogP contribution in [0.25, 0.3) is 0 Å². The van der Waals surface area contributed by atoms with Crippen molar-refractivity contribution in [2.24, 2.45) is 0 Å². The van der Waals surface area contributed by atoms with Crippen LogP contribution in [0, 0.1) is 0 Å². The third-order valence-corrected chi connectivity index (χ3v) is 2.05. The highest BCUT2D eigenvalue weighted by atomic mass is 32.2. The summed E-state index contributed by atoms with van der Waals surface area (Å²) in [6.45, 7) is 3.59. The zero-order valence-electron chi connectivity index (χ0n) is 7.98. The number of hydrogen-bond donors (Lipinski definition) is 0. The second kappa shape index (κ2) is 6.80. The van der Waals surface area contributed by atoms with E-state index in [2.05, 4.69) is 4.74 Å². The molecule has 0 heterocycles. The van der Waals surface area contributed by atoms with Crippen molar-refractivity contribution in [3.63, 3.8) is 0 Å². The Labute approximate surface area is 80.6 Å². The molecule has 0 amide bonds. The van der Waals surface area contributed by atoms with Crippen LogP contribution in [0.3, 0.4) is 0 Å². The Bertz CT molecular complexity index is 210. The number of ether oxygens (including phenoxy) is 1. The van der Waals surface area contributed by atoms with Gasteiger partial charge in [0.2, 0.25) is 0 Å². The van der Waals surface area contributed by atoms with Crippen LogP contribution in [0.5, 0.6) is 0 Å². The van der Waals surface area contributed by atoms with Crippen LogP contribution in [-0.2, 0) is 24.8 Å². The Hall–Kier alpha value is -0.680. The Kier molecular flexibility index (Phi) is 6.44. The van der Waals surface area contributed by atoms with Crippen LogP contribution in [0.2, 0.25) is 0 Å². The minimum atomic E-state index is -1.36. The quantitative estimate of drug-likeness (QED) is 0.493. The summed E-state index contributed by atoms with van der Waals surface area (Å²) in [6.07, 6.45) is 2.61. The predicted molar refractivity (Wildman–Crippen MR) is 50.4 cm³/mol. The normalized spacial score (nSPS) is 13.5. The van der Waals surface area contributed by atoms with Crippen LogP contribution < -0.4 is 0 Å². The van der Waals surface area contributed by atoms with E-state index < -0.39 is 17.0 Å². The maximum Gasteiger partial charge on any atom is 0.330 e. The topological polar surface area (TPSA) is 52.6 Å². The van der Waals surface area contributed by atoms with Gasteiger partial charge in [-0.1, -0.05) is 6.08 Å². The van der Waals surface area contributed by atoms with Gasteiger partial charge in [-0.2, -0.15) is 0 Å². The summed E-state index contributed by atoms with van der Waals surface area (Å²) in [5, 5.41) is 0. The molecule has 0 saturated carbocycles. The molecule has 0 aromatic heterocycles. The third-order valence-electron chi connectivity index (χ3n) is 0.987. The lowest BCUT2D eigenvalue weighted by Gasteiger charge is -2.03. The molecule has 0 radical (unpaired) electrons. The van der Waals surface area contributed by atoms with Crippen molar-refractivity contribution in [1.82, 2.24) is 0 Å². The number of rotatable bonds is 5. The Morgan fingerprint density at radius 1 is 1.54 bits per heavy atom. The van der Waals surface area contributed by atoms with Gasteiger partial charge in [-0.05, 0) is 13.8 Å². The predicted octanol–water partition coefficient (Wildman–Crippen LogP) is 0.804. The van der Waals surface area contributed by atoms with Gasteiger partial charge in [0.1, 0.15) is 0 Å². The number of hydrogen-bond acceptors (Lipinski definition) is 4. The maximum atomic E-state index is 11.0. The molecule has 0 aliphatic heterocycles. The highest BCUT2D eigenvalue weighted by Gasteiger charge is 2.00. The van der Waals surface area contributed by atoms with Crippen molar-refractivity contribution in [3.8, 4) is 0 Å². The lowest BCUT2D eigenvalue weighted by molar-refractivity contribution is -0.134. The summed E-state index contributed by atoms with van der Waals surface area (Å²) in [5.41, 5.74) is 0. The van der Waals surface area contributed by atoms with E-state index in [1.807, 2.05) is 0 Å². The molecule has 0 aliphatic carbocycles. The molecule has 0 aromatic rings. The van der Waals surface area contributed by atoms with Crippen molar-refractivity contribution in [2.75, 3.05) is 12.9 Å². The second-order valence-corrected chi connectivity index (χ2v) is 3.67. The molecule has 0 saturated heterocycles. The van der Waals surface area contributed by atoms with E-state index in [1.54, 1.807) is 13.8 Å². The average molecular weight is 206 g/mol. The van der Waals surface area contributed by atoms with Crippen LogP contribution in [-0.4, -0.2) is 29.1 Å². The minimum absolute atomic E-state index is 0.0765. The van der Waals surface area contributed by atoms with E-state index in [1.165, 1.54) is 19.3 Å². The molecule has 0 N–H and O–H groups in total. The first-order valence-electron chi connectivity index (χ1n) is 3.86. The zero-order chi connectivity index (χ0) is 10.3. The first kappa shape index (κ1) is 12.3. The van der Waals surface area contributed by atoms with Gasteiger partial charge in [0, 0.05) is 6.08 Å². The molecule has 0 bridgehead atoms. The van der Waals surface area contributed by atoms with Crippen molar-refractivity contribution in [2.45, 2.75) is 20.0 Å². The molecule has 0 rings (SSSR count). The van der Waals surface area contributed by atoms with Crippen LogP contribution in [0.1, 0.15) is 13.8 Å². The monoisotopic (exact) mass is 206 g/mol. The molecule has 0 spiro atoms. The van der Waals surface area contributed by atoms with E-state index in [4.69, 9.17) is 4.18 Å². The van der Waals surface area contributed by atoms with Gasteiger partial charge in [-0.3, -0.25) is 4.18 Å². The largest absolute Gasteiger partial charge is 0.466 e. The van der Waals surface area contributed by atoms with Crippen molar-refractivity contribution in [3.05, 3.63) is 12.2 Å². The van der Waals surface area contributed by atoms with Crippen molar-refractivity contribution < 1.29 is 17.9 Å². The smallest absolute Gasteiger partial charge is 0.330 e. The van der Waals surface area contributed by atoms with E-state index in [0.29, 0.717) is 0 Å². The fourth-order valence-corrected chi connectivity index (χ4v) is 1.31. The van der Waals surface area contributed by atoms with Crippen LogP contribution in [0.15, 0.2) is 12.2 Å². The minimum Gasteiger partial charge on any atom is -0.466 e. The van der Waals surface area contributed by atoms with E-state index in [-0.39, 0.29) is 11.9 Å². The highest BCUT2D eigenvalue weighted by Crippen LogP contribution is 1.94. The third kappa shape index (κ3) is 7.67. The summed E-state index contributed by atoms with van der Waals surface area (Å²) in [6, 6.07) is 0. The number of carbonyl (C=O) groups is 1. The average Bonchev–Trinajstić information content (AvgIpc) is 2.02. The highest BCUT2D eigenvalue weighted by molar-refractivity contribution is 7.80. The lowest BCUT2D eigenvalue weighted by atomic mass is 10.5. The molecular formula is C8H14O4S. The summed E-state index contributed by atoms with van der Waals surface area (Å²) in [5.74, 6) is -0.255. The zero-order valence-corrected chi connectivity index (χ0v) is 8.80. The Morgan fingerprint density at radius 3 is 2.62 bits per heavy atom. The standard InChI is InChI=1S/C8H14O4S/c1-7(2)12-13(10)6-4-5-8(9)11-3/h4-5,7H,6H2,1-3H3/b5-4+. The Balaban J connectivity index is 3.69. The van der Waals surface area contributed by atoms with E-state index in [0.717, 1.165) is 0 Å². The van der Waals surface area contributed by atoms with Gasteiger partial charge < -0.3 is 4.74 Å². The summed E-state index contributed by atoms with van der Waals surface area (Å²) in [4.78, 5) is 10.6. The fraction of sp³-hybridized carbons (Fsp3) is 0.625. The van der Waals surface area contributed by atoms with Gasteiger partial charge >= 0.3 is 5.97 Å². The SMILES string of the molecule is COC(=O)/C=C/CS(=O)OC(C)C. The first-order chi connectivity index (χ1) is 6.06. The maximum absolute atomic E-state index is 11.0. The molecule has 0 aliphatic rings. The van der Waals surface area contributed by atoms with Crippen LogP contribution >= 0.6 is 0 Å². The molecule has 1 unspecified atom stereocenters. The van der Waals surface area contributed by atoms with Gasteiger partial charge in [0.15, 0.2) is 11.1 Å². The Morgan fingerprint density at radius 2 is 2.15 bits per heavy atom. The number of methoxy groups -OCH3 is 1. The molecule has 13 heavy (non-hydrogen) atoms. The lowest BCUT2D eigenvalue weighted by Crippen LogP contribution is -2.08. The molecule has 76 valence electrons. The second-order valence-electron chi connectivity index (χ2n) is 2.54. The first-order valence-corrected chi connectivity index (χ1v) is 5.10. The molecular weight excluding hydrogens is 192 g/mol. The summed E-state index contributed by atoms with van der Waals surface area (Å²) < 4.78 is 20.3. The number of carbonyl (C=O) groups excluding carboxylic acids is 1. The van der Waals surface area contributed by atoms with Gasteiger partial charge in [0.05, 0.1) is 19.0 Å².